The highest BCUT2D eigenvalue weighted by molar-refractivity contribution is 6.33. The van der Waals surface area contributed by atoms with Crippen molar-refractivity contribution in [2.45, 2.75) is 45.3 Å². The summed E-state index contributed by atoms with van der Waals surface area (Å²) in [5, 5.41) is 0.611. The molecule has 1 aliphatic carbocycles. The molecule has 2 unspecified atom stereocenters. The summed E-state index contributed by atoms with van der Waals surface area (Å²) in [6.45, 7) is 2.91. The van der Waals surface area contributed by atoms with Crippen LogP contribution < -0.4 is 5.73 Å². The average molecular weight is 254 g/mol. The highest BCUT2D eigenvalue weighted by Gasteiger charge is 2.21. The number of hydrogen-bond donors (Lipinski definition) is 1. The molecule has 2 atom stereocenters. The van der Waals surface area contributed by atoms with E-state index < -0.39 is 0 Å². The quantitative estimate of drug-likeness (QED) is 0.826. The summed E-state index contributed by atoms with van der Waals surface area (Å²) in [6.07, 6.45) is 5.50. The first-order valence-electron chi connectivity index (χ1n) is 6.32. The number of nitrogen functional groups attached to an aromatic ring is 1. The average Bonchev–Trinajstić information content (AvgIpc) is 2.32. The van der Waals surface area contributed by atoms with E-state index in [0.29, 0.717) is 29.3 Å². The van der Waals surface area contributed by atoms with Gasteiger partial charge in [-0.05, 0) is 36.5 Å². The fourth-order valence-corrected chi connectivity index (χ4v) is 2.53. The fourth-order valence-electron chi connectivity index (χ4n) is 2.42. The van der Waals surface area contributed by atoms with Crippen molar-refractivity contribution in [3.63, 3.8) is 0 Å². The van der Waals surface area contributed by atoms with Gasteiger partial charge in [-0.2, -0.15) is 0 Å². The molecule has 0 heterocycles. The van der Waals surface area contributed by atoms with Crippen molar-refractivity contribution in [1.82, 2.24) is 0 Å². The Bertz CT molecular complexity index is 380. The van der Waals surface area contributed by atoms with E-state index in [0.717, 1.165) is 5.56 Å². The van der Waals surface area contributed by atoms with Crippen LogP contribution >= 0.6 is 11.6 Å². The Morgan fingerprint density at radius 1 is 1.35 bits per heavy atom. The SMILES string of the molecule is CC1CCCCC1OCc1ccc(Cl)c(N)c1. The molecular weight excluding hydrogens is 234 g/mol. The molecule has 2 nitrogen and oxygen atoms in total. The Morgan fingerprint density at radius 2 is 2.12 bits per heavy atom. The minimum atomic E-state index is 0.403. The third kappa shape index (κ3) is 3.36. The van der Waals surface area contributed by atoms with Crippen LogP contribution in [0.4, 0.5) is 5.69 Å². The summed E-state index contributed by atoms with van der Waals surface area (Å²) in [7, 11) is 0. The van der Waals surface area contributed by atoms with Gasteiger partial charge in [0.25, 0.3) is 0 Å². The molecular formula is C14H20ClNO. The maximum atomic E-state index is 5.98. The lowest BCUT2D eigenvalue weighted by atomic mass is 9.88. The van der Waals surface area contributed by atoms with Gasteiger partial charge in [-0.1, -0.05) is 37.4 Å². The first kappa shape index (κ1) is 12.7. The summed E-state index contributed by atoms with van der Waals surface area (Å²) >= 11 is 5.89. The van der Waals surface area contributed by atoms with E-state index in [4.69, 9.17) is 22.1 Å². The van der Waals surface area contributed by atoms with Crippen LogP contribution in [0, 0.1) is 5.92 Å². The van der Waals surface area contributed by atoms with E-state index in [9.17, 15) is 0 Å². The van der Waals surface area contributed by atoms with Crippen molar-refractivity contribution in [3.05, 3.63) is 28.8 Å². The van der Waals surface area contributed by atoms with E-state index in [2.05, 4.69) is 6.92 Å². The summed E-state index contributed by atoms with van der Waals surface area (Å²) < 4.78 is 5.98. The Balaban J connectivity index is 1.90. The van der Waals surface area contributed by atoms with E-state index in [1.165, 1.54) is 25.7 Å². The third-order valence-electron chi connectivity index (χ3n) is 3.56. The van der Waals surface area contributed by atoms with Gasteiger partial charge < -0.3 is 10.5 Å². The Hall–Kier alpha value is -0.730. The second-order valence-corrected chi connectivity index (χ2v) is 5.37. The number of benzene rings is 1. The van der Waals surface area contributed by atoms with Crippen molar-refractivity contribution < 1.29 is 4.74 Å². The summed E-state index contributed by atoms with van der Waals surface area (Å²) in [6, 6.07) is 5.71. The largest absolute Gasteiger partial charge is 0.398 e. The number of halogens is 1. The van der Waals surface area contributed by atoms with Gasteiger partial charge in [0.1, 0.15) is 0 Å². The molecule has 1 aliphatic rings. The van der Waals surface area contributed by atoms with Gasteiger partial charge in [-0.3, -0.25) is 0 Å². The monoisotopic (exact) mass is 253 g/mol. The van der Waals surface area contributed by atoms with E-state index >= 15 is 0 Å². The lowest BCUT2D eigenvalue weighted by molar-refractivity contribution is -0.0154. The fraction of sp³-hybridized carbons (Fsp3) is 0.571. The third-order valence-corrected chi connectivity index (χ3v) is 3.90. The Kier molecular flexibility index (Phi) is 4.30. The zero-order valence-corrected chi connectivity index (χ0v) is 11.0. The molecule has 0 saturated heterocycles. The van der Waals surface area contributed by atoms with Crippen LogP contribution in [0.5, 0.6) is 0 Å². The van der Waals surface area contributed by atoms with Crippen LogP contribution in [0.15, 0.2) is 18.2 Å². The van der Waals surface area contributed by atoms with Gasteiger partial charge in [-0.25, -0.2) is 0 Å². The Labute approximate surface area is 108 Å². The molecule has 0 amide bonds. The van der Waals surface area contributed by atoms with E-state index in [1.807, 2.05) is 18.2 Å². The standard InChI is InChI=1S/C14H20ClNO/c1-10-4-2-3-5-14(10)17-9-11-6-7-12(15)13(16)8-11/h6-8,10,14H,2-5,9,16H2,1H3. The zero-order valence-electron chi connectivity index (χ0n) is 10.3. The number of nitrogens with two attached hydrogens (primary N) is 1. The van der Waals surface area contributed by atoms with Crippen molar-refractivity contribution in [3.8, 4) is 0 Å². The van der Waals surface area contributed by atoms with Crippen LogP contribution in [0.25, 0.3) is 0 Å². The van der Waals surface area contributed by atoms with Gasteiger partial charge in [-0.15, -0.1) is 0 Å². The number of anilines is 1. The molecule has 2 rings (SSSR count). The maximum Gasteiger partial charge on any atom is 0.0721 e. The molecule has 0 aromatic heterocycles. The first-order valence-corrected chi connectivity index (χ1v) is 6.70. The molecule has 1 saturated carbocycles. The highest BCUT2D eigenvalue weighted by atomic mass is 35.5. The predicted octanol–water partition coefficient (Wildman–Crippen LogP) is 4.02. The minimum Gasteiger partial charge on any atom is -0.398 e. The zero-order chi connectivity index (χ0) is 12.3. The molecule has 0 spiro atoms. The predicted molar refractivity (Wildman–Crippen MR) is 72.1 cm³/mol. The van der Waals surface area contributed by atoms with E-state index in [-0.39, 0.29) is 0 Å². The molecule has 0 bridgehead atoms. The molecule has 1 aromatic rings. The Morgan fingerprint density at radius 3 is 2.82 bits per heavy atom. The minimum absolute atomic E-state index is 0.403. The summed E-state index contributed by atoms with van der Waals surface area (Å²) in [4.78, 5) is 0. The summed E-state index contributed by atoms with van der Waals surface area (Å²) in [5.41, 5.74) is 7.50. The lowest BCUT2D eigenvalue weighted by Gasteiger charge is -2.28. The molecule has 3 heteroatoms. The van der Waals surface area contributed by atoms with Gasteiger partial charge in [0, 0.05) is 0 Å². The first-order chi connectivity index (χ1) is 8.16. The van der Waals surface area contributed by atoms with Crippen LogP contribution in [0.3, 0.4) is 0 Å². The topological polar surface area (TPSA) is 35.2 Å². The molecule has 1 fully saturated rings. The van der Waals surface area contributed by atoms with Crippen molar-refractivity contribution in [2.24, 2.45) is 5.92 Å². The maximum absolute atomic E-state index is 5.98. The smallest absolute Gasteiger partial charge is 0.0721 e. The molecule has 2 N–H and O–H groups in total. The van der Waals surface area contributed by atoms with Crippen molar-refractivity contribution >= 4 is 17.3 Å². The molecule has 0 aliphatic heterocycles. The lowest BCUT2D eigenvalue weighted by Crippen LogP contribution is -2.25. The van der Waals surface area contributed by atoms with Crippen LogP contribution in [-0.2, 0) is 11.3 Å². The van der Waals surface area contributed by atoms with Crippen LogP contribution in [-0.4, -0.2) is 6.10 Å². The molecule has 17 heavy (non-hydrogen) atoms. The highest BCUT2D eigenvalue weighted by Crippen LogP contribution is 2.27. The van der Waals surface area contributed by atoms with Crippen LogP contribution in [0.2, 0.25) is 5.02 Å². The van der Waals surface area contributed by atoms with E-state index in [1.54, 1.807) is 0 Å². The van der Waals surface area contributed by atoms with Gasteiger partial charge >= 0.3 is 0 Å². The van der Waals surface area contributed by atoms with Crippen molar-refractivity contribution in [1.29, 1.82) is 0 Å². The summed E-state index contributed by atoms with van der Waals surface area (Å²) in [5.74, 6) is 0.674. The molecule has 1 aromatic carbocycles. The van der Waals surface area contributed by atoms with Gasteiger partial charge in [0.2, 0.25) is 0 Å². The second-order valence-electron chi connectivity index (χ2n) is 4.97. The molecule has 0 radical (unpaired) electrons. The number of hydrogen-bond acceptors (Lipinski definition) is 2. The van der Waals surface area contributed by atoms with Crippen molar-refractivity contribution in [2.75, 3.05) is 5.73 Å². The second kappa shape index (κ2) is 5.74. The van der Waals surface area contributed by atoms with Gasteiger partial charge in [0.05, 0.1) is 23.4 Å². The van der Waals surface area contributed by atoms with Crippen LogP contribution in [0.1, 0.15) is 38.2 Å². The normalized spacial score (nSPS) is 24.8. The van der Waals surface area contributed by atoms with Gasteiger partial charge in [0.15, 0.2) is 0 Å². The number of ether oxygens (including phenoxy) is 1. The number of rotatable bonds is 3. The molecule has 94 valence electrons.